The average Bonchev–Trinajstić information content (AvgIpc) is 2.55. The molecule has 1 amide bonds. The van der Waals surface area contributed by atoms with Crippen LogP contribution in [0.1, 0.15) is 35.2 Å². The molecule has 0 bridgehead atoms. The highest BCUT2D eigenvalue weighted by molar-refractivity contribution is 5.94. The maximum absolute atomic E-state index is 12.3. The molecule has 0 aliphatic carbocycles. The molecule has 0 radical (unpaired) electrons. The van der Waals surface area contributed by atoms with Crippen molar-refractivity contribution in [1.29, 1.82) is 0 Å². The molecule has 0 saturated carbocycles. The summed E-state index contributed by atoms with van der Waals surface area (Å²) in [5.41, 5.74) is 1.85. The number of amides is 1. The zero-order valence-corrected chi connectivity index (χ0v) is 14.3. The first-order valence-electron chi connectivity index (χ1n) is 8.47. The lowest BCUT2D eigenvalue weighted by Gasteiger charge is -2.34. The molecule has 1 aromatic rings. The van der Waals surface area contributed by atoms with E-state index in [0.717, 1.165) is 31.6 Å². The van der Waals surface area contributed by atoms with Gasteiger partial charge in [-0.2, -0.15) is 0 Å². The fourth-order valence-corrected chi connectivity index (χ4v) is 3.15. The first kappa shape index (κ1) is 17.9. The molecule has 1 aliphatic rings. The number of nitrogens with zero attached hydrogens (tertiary/aromatic N) is 2. The summed E-state index contributed by atoms with van der Waals surface area (Å²) in [5.74, 6) is -0.0248. The molecule has 128 valence electrons. The van der Waals surface area contributed by atoms with Crippen LogP contribution in [0.2, 0.25) is 0 Å². The maximum atomic E-state index is 12.3. The van der Waals surface area contributed by atoms with Crippen molar-refractivity contribution in [2.45, 2.75) is 31.8 Å². The van der Waals surface area contributed by atoms with E-state index in [1.54, 1.807) is 0 Å². The number of benzene rings is 1. The monoisotopic (exact) mass is 319 g/mol. The molecule has 2 rings (SSSR count). The van der Waals surface area contributed by atoms with E-state index in [1.807, 2.05) is 38.4 Å². The number of carbonyl (C=O) groups excluding carboxylic acids is 1. The van der Waals surface area contributed by atoms with Gasteiger partial charge in [-0.05, 0) is 51.2 Å². The summed E-state index contributed by atoms with van der Waals surface area (Å²) in [4.78, 5) is 16.7. The normalized spacial score (nSPS) is 19.0. The first-order chi connectivity index (χ1) is 11.1. The van der Waals surface area contributed by atoms with Gasteiger partial charge in [0.25, 0.3) is 5.91 Å². The Morgan fingerprint density at radius 2 is 2.22 bits per heavy atom. The summed E-state index contributed by atoms with van der Waals surface area (Å²) in [5, 5.41) is 12.4. The van der Waals surface area contributed by atoms with Crippen LogP contribution in [0.25, 0.3) is 0 Å². The van der Waals surface area contributed by atoms with Crippen LogP contribution in [0.5, 0.6) is 0 Å². The second-order valence-electron chi connectivity index (χ2n) is 6.56. The lowest BCUT2D eigenvalue weighted by atomic mass is 10.0. The third-order valence-corrected chi connectivity index (χ3v) is 4.33. The van der Waals surface area contributed by atoms with Crippen LogP contribution in [0.4, 0.5) is 0 Å². The Morgan fingerprint density at radius 1 is 1.39 bits per heavy atom. The molecule has 0 aromatic heterocycles. The van der Waals surface area contributed by atoms with Gasteiger partial charge in [-0.15, -0.1) is 0 Å². The molecule has 0 unspecified atom stereocenters. The minimum atomic E-state index is -0.0248. The van der Waals surface area contributed by atoms with Crippen LogP contribution >= 0.6 is 0 Å². The van der Waals surface area contributed by atoms with E-state index in [9.17, 15) is 9.90 Å². The topological polar surface area (TPSA) is 55.8 Å². The lowest BCUT2D eigenvalue weighted by Crippen LogP contribution is -2.45. The van der Waals surface area contributed by atoms with Crippen molar-refractivity contribution in [2.75, 3.05) is 40.3 Å². The molecule has 0 spiro atoms. The van der Waals surface area contributed by atoms with Gasteiger partial charge in [0, 0.05) is 31.2 Å². The van der Waals surface area contributed by atoms with Crippen LogP contribution in [-0.2, 0) is 6.54 Å². The second kappa shape index (κ2) is 9.01. The summed E-state index contributed by atoms with van der Waals surface area (Å²) in [6, 6.07) is 8.03. The van der Waals surface area contributed by atoms with Crippen molar-refractivity contribution in [3.05, 3.63) is 35.4 Å². The van der Waals surface area contributed by atoms with Gasteiger partial charge in [-0.3, -0.25) is 9.69 Å². The van der Waals surface area contributed by atoms with Crippen molar-refractivity contribution in [1.82, 2.24) is 15.1 Å². The minimum Gasteiger partial charge on any atom is -0.395 e. The molecule has 23 heavy (non-hydrogen) atoms. The average molecular weight is 319 g/mol. The van der Waals surface area contributed by atoms with Crippen LogP contribution < -0.4 is 5.32 Å². The summed E-state index contributed by atoms with van der Waals surface area (Å²) in [7, 11) is 4.03. The maximum Gasteiger partial charge on any atom is 0.251 e. The third kappa shape index (κ3) is 5.61. The van der Waals surface area contributed by atoms with Crippen molar-refractivity contribution < 1.29 is 9.90 Å². The molecule has 1 aromatic carbocycles. The van der Waals surface area contributed by atoms with E-state index in [2.05, 4.69) is 15.1 Å². The largest absolute Gasteiger partial charge is 0.395 e. The molecular formula is C18H29N3O2. The molecule has 2 N–H and O–H groups in total. The van der Waals surface area contributed by atoms with E-state index in [4.69, 9.17) is 0 Å². The highest BCUT2D eigenvalue weighted by Gasteiger charge is 2.21. The van der Waals surface area contributed by atoms with E-state index in [-0.39, 0.29) is 18.6 Å². The van der Waals surface area contributed by atoms with Gasteiger partial charge >= 0.3 is 0 Å². The standard InChI is InChI=1S/C18H29N3O2/c1-20(2)13-15-6-5-7-16(12-15)18(23)19-9-11-21-10-4-3-8-17(21)14-22/h5-7,12,17,22H,3-4,8-11,13-14H2,1-2H3,(H,19,23)/t17-/m1/s1. The summed E-state index contributed by atoms with van der Waals surface area (Å²) in [6.45, 7) is 3.47. The van der Waals surface area contributed by atoms with E-state index >= 15 is 0 Å². The number of piperidine rings is 1. The molecule has 1 atom stereocenters. The Bertz CT molecular complexity index is 505. The molecule has 1 fully saturated rings. The van der Waals surface area contributed by atoms with E-state index in [0.29, 0.717) is 12.1 Å². The van der Waals surface area contributed by atoms with Gasteiger partial charge in [-0.25, -0.2) is 0 Å². The van der Waals surface area contributed by atoms with Crippen LogP contribution in [0.15, 0.2) is 24.3 Å². The number of aliphatic hydroxyl groups excluding tert-OH is 1. The van der Waals surface area contributed by atoms with Gasteiger partial charge in [0.15, 0.2) is 0 Å². The SMILES string of the molecule is CN(C)Cc1cccc(C(=O)NCCN2CCCC[C@@H]2CO)c1. The van der Waals surface area contributed by atoms with Gasteiger partial charge < -0.3 is 15.3 Å². The van der Waals surface area contributed by atoms with E-state index < -0.39 is 0 Å². The second-order valence-corrected chi connectivity index (χ2v) is 6.56. The number of hydrogen-bond donors (Lipinski definition) is 2. The molecule has 5 heteroatoms. The van der Waals surface area contributed by atoms with Gasteiger partial charge in [0.2, 0.25) is 0 Å². The molecule has 1 aliphatic heterocycles. The number of likely N-dealkylation sites (tertiary alicyclic amines) is 1. The van der Waals surface area contributed by atoms with Gasteiger partial charge in [0.05, 0.1) is 6.61 Å². The Balaban J connectivity index is 1.82. The number of carbonyl (C=O) groups is 1. The Kier molecular flexibility index (Phi) is 7.02. The highest BCUT2D eigenvalue weighted by Crippen LogP contribution is 2.15. The number of aliphatic hydroxyl groups is 1. The van der Waals surface area contributed by atoms with Crippen LogP contribution in [-0.4, -0.2) is 67.2 Å². The number of rotatable bonds is 7. The Labute approximate surface area is 139 Å². The highest BCUT2D eigenvalue weighted by atomic mass is 16.3. The van der Waals surface area contributed by atoms with Crippen molar-refractivity contribution >= 4 is 5.91 Å². The van der Waals surface area contributed by atoms with Crippen molar-refractivity contribution in [2.24, 2.45) is 0 Å². The Morgan fingerprint density at radius 3 is 2.96 bits per heavy atom. The predicted octanol–water partition coefficient (Wildman–Crippen LogP) is 1.32. The number of hydrogen-bond acceptors (Lipinski definition) is 4. The van der Waals surface area contributed by atoms with Crippen molar-refractivity contribution in [3.8, 4) is 0 Å². The Hall–Kier alpha value is -1.43. The summed E-state index contributed by atoms with van der Waals surface area (Å²) < 4.78 is 0. The zero-order valence-electron chi connectivity index (χ0n) is 14.3. The molecular weight excluding hydrogens is 290 g/mol. The predicted molar refractivity (Wildman–Crippen MR) is 92.5 cm³/mol. The number of nitrogens with one attached hydrogen (secondary N) is 1. The van der Waals surface area contributed by atoms with E-state index in [1.165, 1.54) is 12.8 Å². The third-order valence-electron chi connectivity index (χ3n) is 4.33. The first-order valence-corrected chi connectivity index (χ1v) is 8.47. The zero-order chi connectivity index (χ0) is 16.7. The smallest absolute Gasteiger partial charge is 0.251 e. The van der Waals surface area contributed by atoms with Crippen LogP contribution in [0.3, 0.4) is 0 Å². The minimum absolute atomic E-state index is 0.0248. The fourth-order valence-electron chi connectivity index (χ4n) is 3.15. The molecule has 1 saturated heterocycles. The fraction of sp³-hybridized carbons (Fsp3) is 0.611. The lowest BCUT2D eigenvalue weighted by molar-refractivity contribution is 0.0849. The van der Waals surface area contributed by atoms with Gasteiger partial charge in [0.1, 0.15) is 0 Å². The summed E-state index contributed by atoms with van der Waals surface area (Å²) >= 11 is 0. The molecule has 5 nitrogen and oxygen atoms in total. The van der Waals surface area contributed by atoms with Crippen molar-refractivity contribution in [3.63, 3.8) is 0 Å². The van der Waals surface area contributed by atoms with Gasteiger partial charge in [-0.1, -0.05) is 18.6 Å². The summed E-state index contributed by atoms with van der Waals surface area (Å²) in [6.07, 6.45) is 3.42. The van der Waals surface area contributed by atoms with Crippen LogP contribution in [0, 0.1) is 0 Å². The molecule has 1 heterocycles. The quantitative estimate of drug-likeness (QED) is 0.796.